The van der Waals surface area contributed by atoms with Gasteiger partial charge >= 0.3 is 0 Å². The molecule has 0 radical (unpaired) electrons. The maximum absolute atomic E-state index is 11.8. The Balaban J connectivity index is 2.11. The number of anilines is 2. The topological polar surface area (TPSA) is 54.0 Å². The molecule has 1 aromatic heterocycles. The lowest BCUT2D eigenvalue weighted by molar-refractivity contribution is 0.0949. The molecule has 0 bridgehead atoms. The summed E-state index contributed by atoms with van der Waals surface area (Å²) in [4.78, 5) is 15.9. The van der Waals surface area contributed by atoms with Crippen molar-refractivity contribution in [1.82, 2.24) is 10.3 Å². The van der Waals surface area contributed by atoms with Crippen LogP contribution in [0.1, 0.15) is 23.8 Å². The summed E-state index contributed by atoms with van der Waals surface area (Å²) in [6.07, 6.45) is 2.50. The number of halogens is 1. The van der Waals surface area contributed by atoms with Gasteiger partial charge in [0.1, 0.15) is 5.69 Å². The van der Waals surface area contributed by atoms with Gasteiger partial charge in [-0.2, -0.15) is 0 Å². The summed E-state index contributed by atoms with van der Waals surface area (Å²) in [5.41, 5.74) is 2.05. The number of carbonyl (C=O) groups excluding carboxylic acids is 1. The molecule has 2 aromatic rings. The highest BCUT2D eigenvalue weighted by Gasteiger charge is 2.07. The standard InChI is InChI=1S/C15H16ClN3O/c1-2-7-18-15(20)14-10-13(6-8-17-14)19-12-5-3-4-11(16)9-12/h3-6,8-10H,2,7H2,1H3,(H,17,19)(H,18,20). The number of nitrogens with one attached hydrogen (secondary N) is 2. The van der Waals surface area contributed by atoms with E-state index in [1.165, 1.54) is 0 Å². The Morgan fingerprint density at radius 1 is 1.25 bits per heavy atom. The van der Waals surface area contributed by atoms with Gasteiger partial charge < -0.3 is 10.6 Å². The van der Waals surface area contributed by atoms with Gasteiger partial charge in [-0.3, -0.25) is 9.78 Å². The third-order valence-electron chi connectivity index (χ3n) is 2.64. The van der Waals surface area contributed by atoms with Crippen LogP contribution in [0.3, 0.4) is 0 Å². The molecule has 4 nitrogen and oxygen atoms in total. The lowest BCUT2D eigenvalue weighted by atomic mass is 10.2. The van der Waals surface area contributed by atoms with Crippen molar-refractivity contribution < 1.29 is 4.79 Å². The van der Waals surface area contributed by atoms with Gasteiger partial charge in [-0.25, -0.2) is 0 Å². The van der Waals surface area contributed by atoms with Crippen molar-refractivity contribution in [2.24, 2.45) is 0 Å². The van der Waals surface area contributed by atoms with Gasteiger partial charge in [-0.05, 0) is 36.8 Å². The molecule has 0 aliphatic rings. The predicted octanol–water partition coefficient (Wildman–Crippen LogP) is 3.62. The summed E-state index contributed by atoms with van der Waals surface area (Å²) in [7, 11) is 0. The zero-order valence-corrected chi connectivity index (χ0v) is 11.9. The minimum absolute atomic E-state index is 0.165. The summed E-state index contributed by atoms with van der Waals surface area (Å²) < 4.78 is 0. The highest BCUT2D eigenvalue weighted by atomic mass is 35.5. The van der Waals surface area contributed by atoms with E-state index in [1.54, 1.807) is 18.3 Å². The number of nitrogens with zero attached hydrogens (tertiary/aromatic N) is 1. The van der Waals surface area contributed by atoms with Crippen molar-refractivity contribution in [3.05, 3.63) is 53.3 Å². The zero-order chi connectivity index (χ0) is 14.4. The second-order valence-corrected chi connectivity index (χ2v) is 4.76. The summed E-state index contributed by atoms with van der Waals surface area (Å²) in [6.45, 7) is 2.65. The van der Waals surface area contributed by atoms with Crippen LogP contribution in [-0.2, 0) is 0 Å². The molecule has 0 atom stereocenters. The number of rotatable bonds is 5. The lowest BCUT2D eigenvalue weighted by Crippen LogP contribution is -2.24. The quantitative estimate of drug-likeness (QED) is 0.884. The number of hydrogen-bond acceptors (Lipinski definition) is 3. The molecule has 0 unspecified atom stereocenters. The normalized spacial score (nSPS) is 10.1. The van der Waals surface area contributed by atoms with Crippen molar-refractivity contribution >= 4 is 28.9 Å². The summed E-state index contributed by atoms with van der Waals surface area (Å²) in [5.74, 6) is -0.165. The Morgan fingerprint density at radius 3 is 2.80 bits per heavy atom. The van der Waals surface area contributed by atoms with Crippen LogP contribution in [0.15, 0.2) is 42.6 Å². The summed E-state index contributed by atoms with van der Waals surface area (Å²) in [6, 6.07) is 10.9. The van der Waals surface area contributed by atoms with E-state index in [-0.39, 0.29) is 5.91 Å². The van der Waals surface area contributed by atoms with E-state index in [0.29, 0.717) is 17.3 Å². The minimum atomic E-state index is -0.165. The molecule has 104 valence electrons. The predicted molar refractivity (Wildman–Crippen MR) is 81.6 cm³/mol. The Labute approximate surface area is 123 Å². The fourth-order valence-corrected chi connectivity index (χ4v) is 1.88. The number of amides is 1. The van der Waals surface area contributed by atoms with Crippen molar-refractivity contribution in [2.75, 3.05) is 11.9 Å². The molecule has 0 saturated carbocycles. The van der Waals surface area contributed by atoms with Crippen LogP contribution in [0.25, 0.3) is 0 Å². The summed E-state index contributed by atoms with van der Waals surface area (Å²) in [5, 5.41) is 6.65. The Kier molecular flexibility index (Phi) is 4.96. The van der Waals surface area contributed by atoms with Crippen LogP contribution < -0.4 is 10.6 Å². The van der Waals surface area contributed by atoms with Gasteiger partial charge in [-0.1, -0.05) is 24.6 Å². The molecular formula is C15H16ClN3O. The third-order valence-corrected chi connectivity index (χ3v) is 2.88. The number of hydrogen-bond donors (Lipinski definition) is 2. The van der Waals surface area contributed by atoms with Crippen molar-refractivity contribution in [3.8, 4) is 0 Å². The molecule has 0 saturated heterocycles. The van der Waals surface area contributed by atoms with E-state index in [0.717, 1.165) is 17.8 Å². The molecule has 2 rings (SSSR count). The molecule has 0 spiro atoms. The number of benzene rings is 1. The first-order valence-corrected chi connectivity index (χ1v) is 6.83. The van der Waals surface area contributed by atoms with E-state index in [2.05, 4.69) is 15.6 Å². The first-order valence-electron chi connectivity index (χ1n) is 6.46. The van der Waals surface area contributed by atoms with Crippen LogP contribution in [0.2, 0.25) is 5.02 Å². The van der Waals surface area contributed by atoms with Gasteiger partial charge in [0.2, 0.25) is 0 Å². The zero-order valence-electron chi connectivity index (χ0n) is 11.2. The number of carbonyl (C=O) groups is 1. The van der Waals surface area contributed by atoms with Crippen molar-refractivity contribution in [2.45, 2.75) is 13.3 Å². The Hall–Kier alpha value is -2.07. The van der Waals surface area contributed by atoms with E-state index in [4.69, 9.17) is 11.6 Å². The van der Waals surface area contributed by atoms with Gasteiger partial charge in [0.05, 0.1) is 0 Å². The molecule has 5 heteroatoms. The van der Waals surface area contributed by atoms with Crippen LogP contribution in [0.5, 0.6) is 0 Å². The average Bonchev–Trinajstić information content (AvgIpc) is 2.45. The van der Waals surface area contributed by atoms with Crippen LogP contribution >= 0.6 is 11.6 Å². The van der Waals surface area contributed by atoms with Crippen LogP contribution in [0, 0.1) is 0 Å². The van der Waals surface area contributed by atoms with Crippen molar-refractivity contribution in [1.29, 1.82) is 0 Å². The van der Waals surface area contributed by atoms with Gasteiger partial charge in [0, 0.05) is 29.1 Å². The molecule has 0 fully saturated rings. The maximum Gasteiger partial charge on any atom is 0.269 e. The number of pyridine rings is 1. The van der Waals surface area contributed by atoms with Crippen LogP contribution in [-0.4, -0.2) is 17.4 Å². The highest BCUT2D eigenvalue weighted by Crippen LogP contribution is 2.20. The molecule has 20 heavy (non-hydrogen) atoms. The SMILES string of the molecule is CCCNC(=O)c1cc(Nc2cccc(Cl)c2)ccn1. The molecule has 1 heterocycles. The Morgan fingerprint density at radius 2 is 2.05 bits per heavy atom. The van der Waals surface area contributed by atoms with E-state index < -0.39 is 0 Å². The highest BCUT2D eigenvalue weighted by molar-refractivity contribution is 6.30. The average molecular weight is 290 g/mol. The van der Waals surface area contributed by atoms with E-state index in [1.807, 2.05) is 31.2 Å². The van der Waals surface area contributed by atoms with Crippen molar-refractivity contribution in [3.63, 3.8) is 0 Å². The minimum Gasteiger partial charge on any atom is -0.355 e. The molecule has 0 aliphatic carbocycles. The largest absolute Gasteiger partial charge is 0.355 e. The molecule has 0 aliphatic heterocycles. The van der Waals surface area contributed by atoms with Gasteiger partial charge in [-0.15, -0.1) is 0 Å². The van der Waals surface area contributed by atoms with Gasteiger partial charge in [0.25, 0.3) is 5.91 Å². The monoisotopic (exact) mass is 289 g/mol. The number of aromatic nitrogens is 1. The summed E-state index contributed by atoms with van der Waals surface area (Å²) >= 11 is 5.93. The maximum atomic E-state index is 11.8. The smallest absolute Gasteiger partial charge is 0.269 e. The molecule has 1 amide bonds. The first-order chi connectivity index (χ1) is 9.69. The first kappa shape index (κ1) is 14.3. The molecular weight excluding hydrogens is 274 g/mol. The third kappa shape index (κ3) is 3.96. The fraction of sp³-hybridized carbons (Fsp3) is 0.200. The molecule has 2 N–H and O–H groups in total. The lowest BCUT2D eigenvalue weighted by Gasteiger charge is -2.08. The molecule has 1 aromatic carbocycles. The van der Waals surface area contributed by atoms with E-state index >= 15 is 0 Å². The second kappa shape index (κ2) is 6.91. The van der Waals surface area contributed by atoms with E-state index in [9.17, 15) is 4.79 Å². The van der Waals surface area contributed by atoms with Crippen LogP contribution in [0.4, 0.5) is 11.4 Å². The van der Waals surface area contributed by atoms with Gasteiger partial charge in [0.15, 0.2) is 0 Å². The second-order valence-electron chi connectivity index (χ2n) is 4.32. The fourth-order valence-electron chi connectivity index (χ4n) is 1.69. The Bertz CT molecular complexity index is 601.